The first-order chi connectivity index (χ1) is 9.25. The molecule has 1 saturated carbocycles. The van der Waals surface area contributed by atoms with E-state index in [1.165, 1.54) is 0 Å². The molecule has 0 saturated heterocycles. The van der Waals surface area contributed by atoms with Crippen LogP contribution >= 0.6 is 0 Å². The second kappa shape index (κ2) is 4.96. The van der Waals surface area contributed by atoms with Gasteiger partial charge in [-0.2, -0.15) is 0 Å². The van der Waals surface area contributed by atoms with Gasteiger partial charge in [0.25, 0.3) is 0 Å². The Morgan fingerprint density at radius 1 is 1.05 bits per heavy atom. The zero-order chi connectivity index (χ0) is 13.2. The van der Waals surface area contributed by atoms with Gasteiger partial charge in [-0.25, -0.2) is 0 Å². The van der Waals surface area contributed by atoms with Crippen molar-refractivity contribution < 1.29 is 9.59 Å². The molecule has 0 N–H and O–H groups in total. The second-order valence-electron chi connectivity index (χ2n) is 5.22. The van der Waals surface area contributed by atoms with Crippen LogP contribution in [0, 0.1) is 5.92 Å². The molecule has 0 heterocycles. The number of Topliss-reactive ketones (excluding diaryl/α,β-unsaturated/α-hetero) is 2. The minimum absolute atomic E-state index is 0.118. The fourth-order valence-electron chi connectivity index (χ4n) is 2.91. The van der Waals surface area contributed by atoms with Crippen LogP contribution in [0.25, 0.3) is 10.8 Å². The number of benzene rings is 2. The number of hydrogen-bond acceptors (Lipinski definition) is 2. The number of fused-ring (bicyclic) bond motifs is 1. The lowest BCUT2D eigenvalue weighted by molar-refractivity contribution is -0.121. The first-order valence-electron chi connectivity index (χ1n) is 6.79. The Labute approximate surface area is 112 Å². The van der Waals surface area contributed by atoms with Gasteiger partial charge in [-0.05, 0) is 23.6 Å². The van der Waals surface area contributed by atoms with Gasteiger partial charge in [0, 0.05) is 24.3 Å². The maximum atomic E-state index is 12.6. The van der Waals surface area contributed by atoms with Crippen LogP contribution in [0.2, 0.25) is 0 Å². The van der Waals surface area contributed by atoms with Crippen molar-refractivity contribution in [1.82, 2.24) is 0 Å². The number of ketones is 2. The standard InChI is InChI=1S/C17H16O2/c18-14-8-3-7-13(11-14)17(19)16-10-4-6-12-5-1-2-9-15(12)16/h1-2,4-6,9-10,13H,3,7-8,11H2. The molecule has 2 heteroatoms. The van der Waals surface area contributed by atoms with Crippen LogP contribution in [0.15, 0.2) is 42.5 Å². The van der Waals surface area contributed by atoms with E-state index in [0.29, 0.717) is 12.8 Å². The third kappa shape index (κ3) is 2.30. The summed E-state index contributed by atoms with van der Waals surface area (Å²) in [7, 11) is 0. The number of hydrogen-bond donors (Lipinski definition) is 0. The minimum Gasteiger partial charge on any atom is -0.300 e. The molecule has 2 aromatic rings. The molecular weight excluding hydrogens is 236 g/mol. The molecule has 0 aromatic heterocycles. The van der Waals surface area contributed by atoms with Gasteiger partial charge in [0.2, 0.25) is 0 Å². The SMILES string of the molecule is O=C1CCCC(C(=O)c2cccc3ccccc23)C1. The van der Waals surface area contributed by atoms with E-state index in [0.717, 1.165) is 29.2 Å². The lowest BCUT2D eigenvalue weighted by Crippen LogP contribution is -2.23. The molecule has 0 bridgehead atoms. The van der Waals surface area contributed by atoms with Crippen LogP contribution in [0.5, 0.6) is 0 Å². The Hall–Kier alpha value is -1.96. The molecule has 1 aliphatic carbocycles. The van der Waals surface area contributed by atoms with E-state index in [2.05, 4.69) is 0 Å². The molecule has 3 rings (SSSR count). The molecular formula is C17H16O2. The summed E-state index contributed by atoms with van der Waals surface area (Å²) in [5.74, 6) is 0.238. The van der Waals surface area contributed by atoms with Crippen molar-refractivity contribution in [3.8, 4) is 0 Å². The Morgan fingerprint density at radius 2 is 1.84 bits per heavy atom. The van der Waals surface area contributed by atoms with E-state index >= 15 is 0 Å². The van der Waals surface area contributed by atoms with Crippen molar-refractivity contribution in [2.45, 2.75) is 25.7 Å². The minimum atomic E-state index is -0.118. The van der Waals surface area contributed by atoms with Crippen molar-refractivity contribution in [3.63, 3.8) is 0 Å². The van der Waals surface area contributed by atoms with Gasteiger partial charge in [-0.15, -0.1) is 0 Å². The summed E-state index contributed by atoms with van der Waals surface area (Å²) >= 11 is 0. The van der Waals surface area contributed by atoms with Crippen molar-refractivity contribution in [1.29, 1.82) is 0 Å². The highest BCUT2D eigenvalue weighted by Gasteiger charge is 2.27. The Kier molecular flexibility index (Phi) is 3.16. The molecule has 1 aliphatic rings. The average Bonchev–Trinajstić information content (AvgIpc) is 2.46. The summed E-state index contributed by atoms with van der Waals surface area (Å²) in [5.41, 5.74) is 0.762. The predicted molar refractivity (Wildman–Crippen MR) is 75.2 cm³/mol. The summed E-state index contributed by atoms with van der Waals surface area (Å²) in [6, 6.07) is 13.7. The third-order valence-corrected chi connectivity index (χ3v) is 3.91. The lowest BCUT2D eigenvalue weighted by atomic mass is 9.82. The lowest BCUT2D eigenvalue weighted by Gasteiger charge is -2.20. The van der Waals surface area contributed by atoms with Gasteiger partial charge >= 0.3 is 0 Å². The quantitative estimate of drug-likeness (QED) is 0.762. The Morgan fingerprint density at radius 3 is 2.68 bits per heavy atom. The maximum absolute atomic E-state index is 12.6. The highest BCUT2D eigenvalue weighted by atomic mass is 16.1. The van der Waals surface area contributed by atoms with Crippen molar-refractivity contribution >= 4 is 22.3 Å². The van der Waals surface area contributed by atoms with Gasteiger partial charge in [0.05, 0.1) is 0 Å². The molecule has 1 unspecified atom stereocenters. The summed E-state index contributed by atoms with van der Waals surface area (Å²) in [5, 5.41) is 2.07. The first kappa shape index (κ1) is 12.1. The van der Waals surface area contributed by atoms with Gasteiger partial charge in [0.1, 0.15) is 5.78 Å². The molecule has 0 aliphatic heterocycles. The summed E-state index contributed by atoms with van der Waals surface area (Å²) < 4.78 is 0. The predicted octanol–water partition coefficient (Wildman–Crippen LogP) is 3.78. The smallest absolute Gasteiger partial charge is 0.167 e. The van der Waals surface area contributed by atoms with Gasteiger partial charge in [-0.3, -0.25) is 9.59 Å². The van der Waals surface area contributed by atoms with Crippen molar-refractivity contribution in [3.05, 3.63) is 48.0 Å². The summed E-state index contributed by atoms with van der Waals surface area (Å²) in [6.45, 7) is 0. The zero-order valence-corrected chi connectivity index (χ0v) is 10.8. The monoisotopic (exact) mass is 252 g/mol. The summed E-state index contributed by atoms with van der Waals surface area (Å²) in [6.07, 6.45) is 2.75. The molecule has 1 fully saturated rings. The zero-order valence-electron chi connectivity index (χ0n) is 10.8. The van der Waals surface area contributed by atoms with E-state index in [1.54, 1.807) is 0 Å². The largest absolute Gasteiger partial charge is 0.300 e. The maximum Gasteiger partial charge on any atom is 0.167 e. The van der Waals surface area contributed by atoms with E-state index in [9.17, 15) is 9.59 Å². The molecule has 2 nitrogen and oxygen atoms in total. The van der Waals surface area contributed by atoms with Gasteiger partial charge in [0.15, 0.2) is 5.78 Å². The second-order valence-corrected chi connectivity index (χ2v) is 5.22. The first-order valence-corrected chi connectivity index (χ1v) is 6.79. The van der Waals surface area contributed by atoms with Gasteiger partial charge < -0.3 is 0 Å². The molecule has 1 atom stereocenters. The molecule has 96 valence electrons. The number of rotatable bonds is 2. The molecule has 19 heavy (non-hydrogen) atoms. The van der Waals surface area contributed by atoms with Crippen LogP contribution in [-0.2, 0) is 4.79 Å². The van der Waals surface area contributed by atoms with Crippen LogP contribution < -0.4 is 0 Å². The molecule has 0 amide bonds. The third-order valence-electron chi connectivity index (χ3n) is 3.91. The van der Waals surface area contributed by atoms with Gasteiger partial charge in [-0.1, -0.05) is 42.5 Å². The fourth-order valence-corrected chi connectivity index (χ4v) is 2.91. The van der Waals surface area contributed by atoms with Crippen molar-refractivity contribution in [2.24, 2.45) is 5.92 Å². The van der Waals surface area contributed by atoms with Crippen LogP contribution in [0.4, 0.5) is 0 Å². The van der Waals surface area contributed by atoms with E-state index < -0.39 is 0 Å². The van der Waals surface area contributed by atoms with Crippen LogP contribution in [0.1, 0.15) is 36.0 Å². The molecule has 2 aromatic carbocycles. The summed E-state index contributed by atoms with van der Waals surface area (Å²) in [4.78, 5) is 24.1. The highest BCUT2D eigenvalue weighted by molar-refractivity contribution is 6.10. The van der Waals surface area contributed by atoms with E-state index in [1.807, 2.05) is 42.5 Å². The fraction of sp³-hybridized carbons (Fsp3) is 0.294. The normalized spacial score (nSPS) is 19.6. The Balaban J connectivity index is 1.99. The number of carbonyl (C=O) groups is 2. The van der Waals surface area contributed by atoms with Crippen LogP contribution in [0.3, 0.4) is 0 Å². The average molecular weight is 252 g/mol. The number of carbonyl (C=O) groups excluding carboxylic acids is 2. The topological polar surface area (TPSA) is 34.1 Å². The highest BCUT2D eigenvalue weighted by Crippen LogP contribution is 2.28. The molecule has 0 radical (unpaired) electrons. The van der Waals surface area contributed by atoms with E-state index in [4.69, 9.17) is 0 Å². The van der Waals surface area contributed by atoms with E-state index in [-0.39, 0.29) is 17.5 Å². The Bertz CT molecular complexity index is 637. The van der Waals surface area contributed by atoms with Crippen molar-refractivity contribution in [2.75, 3.05) is 0 Å². The molecule has 0 spiro atoms. The van der Waals surface area contributed by atoms with Crippen LogP contribution in [-0.4, -0.2) is 11.6 Å².